The number of carbonyl (C=O) groups is 1. The van der Waals surface area contributed by atoms with Gasteiger partial charge in [0.25, 0.3) is 0 Å². The molecular formula is C22H25ClN4O. The average Bonchev–Trinajstić information content (AvgIpc) is 3.12. The van der Waals surface area contributed by atoms with Crippen LogP contribution in [0.15, 0.2) is 48.5 Å². The van der Waals surface area contributed by atoms with Crippen LogP contribution in [0, 0.1) is 5.92 Å². The number of para-hydroxylation sites is 2. The van der Waals surface area contributed by atoms with Crippen molar-refractivity contribution in [3.05, 3.63) is 64.9 Å². The normalized spacial score (nSPS) is 15.8. The summed E-state index contributed by atoms with van der Waals surface area (Å²) in [6.45, 7) is 3.32. The number of fused-ring (bicyclic) bond motifs is 1. The highest BCUT2D eigenvalue weighted by atomic mass is 35.5. The number of amides is 1. The summed E-state index contributed by atoms with van der Waals surface area (Å²) in [7, 11) is 0. The van der Waals surface area contributed by atoms with Crippen LogP contribution in [0.1, 0.15) is 24.2 Å². The monoisotopic (exact) mass is 396 g/mol. The number of halogens is 1. The maximum atomic E-state index is 12.5. The Balaban J connectivity index is 1.21. The Kier molecular flexibility index (Phi) is 5.93. The standard InChI is InChI=1S/C22H25ClN4O/c23-18-7-5-16(6-8-18)9-12-24-22(28)17-10-13-27(14-11-17)15-21-25-19-3-1-2-4-20(19)26-21/h1-8,17H,9-15H2,(H,24,28)(H,25,26). The van der Waals surface area contributed by atoms with Crippen LogP contribution in [-0.4, -0.2) is 40.4 Å². The molecule has 0 bridgehead atoms. The summed E-state index contributed by atoms with van der Waals surface area (Å²) in [5, 5.41) is 3.83. The number of aromatic amines is 1. The molecule has 1 amide bonds. The third kappa shape index (κ3) is 4.72. The number of nitrogens with zero attached hydrogens (tertiary/aromatic N) is 2. The molecular weight excluding hydrogens is 372 g/mol. The number of aromatic nitrogens is 2. The fraction of sp³-hybridized carbons (Fsp3) is 0.364. The molecule has 1 aliphatic rings. The molecule has 0 unspecified atom stereocenters. The Morgan fingerprint density at radius 1 is 1.14 bits per heavy atom. The minimum atomic E-state index is 0.108. The van der Waals surface area contributed by atoms with Gasteiger partial charge in [0.05, 0.1) is 17.6 Å². The Morgan fingerprint density at radius 2 is 1.89 bits per heavy atom. The molecule has 0 spiro atoms. The Morgan fingerprint density at radius 3 is 2.64 bits per heavy atom. The zero-order valence-corrected chi connectivity index (χ0v) is 16.6. The first kappa shape index (κ1) is 19.0. The van der Waals surface area contributed by atoms with Crippen molar-refractivity contribution < 1.29 is 4.79 Å². The van der Waals surface area contributed by atoms with E-state index >= 15 is 0 Å². The van der Waals surface area contributed by atoms with E-state index in [-0.39, 0.29) is 11.8 Å². The minimum Gasteiger partial charge on any atom is -0.356 e. The zero-order valence-electron chi connectivity index (χ0n) is 15.8. The van der Waals surface area contributed by atoms with Gasteiger partial charge in [-0.15, -0.1) is 0 Å². The molecule has 0 atom stereocenters. The van der Waals surface area contributed by atoms with Gasteiger partial charge in [0.2, 0.25) is 5.91 Å². The highest BCUT2D eigenvalue weighted by Crippen LogP contribution is 2.20. The van der Waals surface area contributed by atoms with Crippen molar-refractivity contribution in [2.75, 3.05) is 19.6 Å². The summed E-state index contributed by atoms with van der Waals surface area (Å²) in [6.07, 6.45) is 2.62. The maximum Gasteiger partial charge on any atom is 0.223 e. The summed E-state index contributed by atoms with van der Waals surface area (Å²) >= 11 is 5.90. The number of benzene rings is 2. The lowest BCUT2D eigenvalue weighted by Gasteiger charge is -2.30. The Labute approximate surface area is 170 Å². The number of carbonyl (C=O) groups excluding carboxylic acids is 1. The highest BCUT2D eigenvalue weighted by Gasteiger charge is 2.25. The molecule has 3 aromatic rings. The largest absolute Gasteiger partial charge is 0.356 e. The van der Waals surface area contributed by atoms with Crippen molar-refractivity contribution in [3.63, 3.8) is 0 Å². The molecule has 1 aliphatic heterocycles. The van der Waals surface area contributed by atoms with E-state index in [9.17, 15) is 4.79 Å². The van der Waals surface area contributed by atoms with Crippen molar-refractivity contribution in [1.29, 1.82) is 0 Å². The molecule has 4 rings (SSSR count). The van der Waals surface area contributed by atoms with Crippen LogP contribution in [-0.2, 0) is 17.8 Å². The lowest BCUT2D eigenvalue weighted by atomic mass is 9.96. The molecule has 1 aromatic heterocycles. The van der Waals surface area contributed by atoms with Gasteiger partial charge in [0.1, 0.15) is 5.82 Å². The number of rotatable bonds is 6. The summed E-state index contributed by atoms with van der Waals surface area (Å²) in [5.74, 6) is 1.28. The number of hydrogen-bond donors (Lipinski definition) is 2. The summed E-state index contributed by atoms with van der Waals surface area (Å²) in [6, 6.07) is 15.9. The van der Waals surface area contributed by atoms with Crippen molar-refractivity contribution in [3.8, 4) is 0 Å². The molecule has 2 aromatic carbocycles. The van der Waals surface area contributed by atoms with E-state index in [1.54, 1.807) is 0 Å². The van der Waals surface area contributed by atoms with Crippen LogP contribution < -0.4 is 5.32 Å². The molecule has 1 saturated heterocycles. The lowest BCUT2D eigenvalue weighted by molar-refractivity contribution is -0.126. The van der Waals surface area contributed by atoms with Crippen molar-refractivity contribution >= 4 is 28.5 Å². The first-order chi connectivity index (χ1) is 13.7. The lowest BCUT2D eigenvalue weighted by Crippen LogP contribution is -2.40. The zero-order chi connectivity index (χ0) is 19.3. The number of likely N-dealkylation sites (tertiary alicyclic amines) is 1. The fourth-order valence-corrected chi connectivity index (χ4v) is 3.90. The van der Waals surface area contributed by atoms with Crippen LogP contribution in [0.4, 0.5) is 0 Å². The molecule has 6 heteroatoms. The predicted molar refractivity (Wildman–Crippen MR) is 112 cm³/mol. The molecule has 28 heavy (non-hydrogen) atoms. The molecule has 1 fully saturated rings. The summed E-state index contributed by atoms with van der Waals surface area (Å²) < 4.78 is 0. The van der Waals surface area contributed by atoms with Gasteiger partial charge in [-0.2, -0.15) is 0 Å². The van der Waals surface area contributed by atoms with Crippen molar-refractivity contribution in [2.24, 2.45) is 5.92 Å². The van der Waals surface area contributed by atoms with Crippen LogP contribution in [0.2, 0.25) is 5.02 Å². The summed E-state index contributed by atoms with van der Waals surface area (Å²) in [5.41, 5.74) is 3.27. The van der Waals surface area contributed by atoms with Crippen LogP contribution in [0.5, 0.6) is 0 Å². The predicted octanol–water partition coefficient (Wildman–Crippen LogP) is 3.79. The smallest absolute Gasteiger partial charge is 0.223 e. The van der Waals surface area contributed by atoms with E-state index in [0.717, 1.165) is 60.8 Å². The van der Waals surface area contributed by atoms with Gasteiger partial charge >= 0.3 is 0 Å². The molecule has 146 valence electrons. The first-order valence-corrected chi connectivity index (χ1v) is 10.2. The number of imidazole rings is 1. The molecule has 0 aliphatic carbocycles. The van der Waals surface area contributed by atoms with Crippen molar-refractivity contribution in [1.82, 2.24) is 20.2 Å². The van der Waals surface area contributed by atoms with Gasteiger partial charge in [0, 0.05) is 17.5 Å². The van der Waals surface area contributed by atoms with Crippen LogP contribution in [0.3, 0.4) is 0 Å². The molecule has 0 radical (unpaired) electrons. The van der Waals surface area contributed by atoms with Gasteiger partial charge in [-0.05, 0) is 62.2 Å². The first-order valence-electron chi connectivity index (χ1n) is 9.85. The van der Waals surface area contributed by atoms with Crippen molar-refractivity contribution in [2.45, 2.75) is 25.8 Å². The minimum absolute atomic E-state index is 0.108. The third-order valence-electron chi connectivity index (χ3n) is 5.40. The Hall–Kier alpha value is -2.37. The van der Waals surface area contributed by atoms with E-state index in [2.05, 4.69) is 20.2 Å². The maximum absolute atomic E-state index is 12.5. The number of hydrogen-bond acceptors (Lipinski definition) is 3. The van der Waals surface area contributed by atoms with E-state index < -0.39 is 0 Å². The molecule has 2 N–H and O–H groups in total. The van der Waals surface area contributed by atoms with E-state index in [1.807, 2.05) is 48.5 Å². The highest BCUT2D eigenvalue weighted by molar-refractivity contribution is 6.30. The Bertz CT molecular complexity index is 896. The van der Waals surface area contributed by atoms with Crippen LogP contribution >= 0.6 is 11.6 Å². The van der Waals surface area contributed by atoms with E-state index in [1.165, 1.54) is 5.56 Å². The summed E-state index contributed by atoms with van der Waals surface area (Å²) in [4.78, 5) is 22.9. The van der Waals surface area contributed by atoms with Gasteiger partial charge in [-0.25, -0.2) is 4.98 Å². The van der Waals surface area contributed by atoms with Gasteiger partial charge in [-0.3, -0.25) is 9.69 Å². The second-order valence-corrected chi connectivity index (χ2v) is 7.85. The van der Waals surface area contributed by atoms with Gasteiger partial charge in [-0.1, -0.05) is 35.9 Å². The van der Waals surface area contributed by atoms with Gasteiger partial charge < -0.3 is 10.3 Å². The number of H-pyrrole nitrogens is 1. The second-order valence-electron chi connectivity index (χ2n) is 7.42. The quantitative estimate of drug-likeness (QED) is 0.666. The van der Waals surface area contributed by atoms with Crippen LogP contribution in [0.25, 0.3) is 11.0 Å². The molecule has 5 nitrogen and oxygen atoms in total. The third-order valence-corrected chi connectivity index (χ3v) is 5.65. The average molecular weight is 397 g/mol. The fourth-order valence-electron chi connectivity index (χ4n) is 3.77. The van der Waals surface area contributed by atoms with E-state index in [0.29, 0.717) is 6.54 Å². The SMILES string of the molecule is O=C(NCCc1ccc(Cl)cc1)C1CCN(Cc2nc3ccccc3[nH]2)CC1. The number of nitrogens with one attached hydrogen (secondary N) is 2. The molecule has 2 heterocycles. The van der Waals surface area contributed by atoms with Gasteiger partial charge in [0.15, 0.2) is 0 Å². The molecule has 0 saturated carbocycles. The topological polar surface area (TPSA) is 61.0 Å². The number of piperidine rings is 1. The van der Waals surface area contributed by atoms with E-state index in [4.69, 9.17) is 11.6 Å². The second kappa shape index (κ2) is 8.76.